The van der Waals surface area contributed by atoms with E-state index in [9.17, 15) is 10.4 Å². The maximum absolute atomic E-state index is 10.9. The number of nitriles is 1. The Labute approximate surface area is 98.7 Å². The molecule has 16 heavy (non-hydrogen) atoms. The molecule has 0 amide bonds. The highest BCUT2D eigenvalue weighted by Gasteiger charge is 2.64. The van der Waals surface area contributed by atoms with Crippen LogP contribution in [0.15, 0.2) is 0 Å². The van der Waals surface area contributed by atoms with Crippen molar-refractivity contribution < 1.29 is 5.11 Å². The molecule has 0 heterocycles. The first kappa shape index (κ1) is 11.9. The summed E-state index contributed by atoms with van der Waals surface area (Å²) in [6, 6.07) is 2.48. The molecule has 2 heteroatoms. The van der Waals surface area contributed by atoms with E-state index in [1.807, 2.05) is 6.92 Å². The summed E-state index contributed by atoms with van der Waals surface area (Å²) in [7, 11) is 0. The van der Waals surface area contributed by atoms with Gasteiger partial charge in [-0.1, -0.05) is 20.3 Å². The van der Waals surface area contributed by atoms with Crippen LogP contribution in [0.1, 0.15) is 59.3 Å². The van der Waals surface area contributed by atoms with Crippen molar-refractivity contribution in [2.45, 2.75) is 64.9 Å². The second-order valence-corrected chi connectivity index (χ2v) is 6.34. The van der Waals surface area contributed by atoms with Crippen molar-refractivity contribution in [3.05, 3.63) is 0 Å². The maximum Gasteiger partial charge on any atom is 0.0865 e. The van der Waals surface area contributed by atoms with Crippen LogP contribution in [-0.2, 0) is 0 Å². The van der Waals surface area contributed by atoms with Gasteiger partial charge in [-0.25, -0.2) is 0 Å². The number of rotatable bonds is 3. The molecule has 0 aromatic carbocycles. The van der Waals surface area contributed by atoms with Crippen LogP contribution in [-0.4, -0.2) is 10.7 Å². The Morgan fingerprint density at radius 1 is 1.44 bits per heavy atom. The number of hydrogen-bond acceptors (Lipinski definition) is 2. The molecular weight excluding hydrogens is 198 g/mol. The SMILES string of the molecule is CCC1CCC(C#N)(C(C)(O)C2(C)CC2)C1. The fraction of sp³-hybridized carbons (Fsp3) is 0.929. The van der Waals surface area contributed by atoms with Gasteiger partial charge >= 0.3 is 0 Å². The molecule has 0 aromatic rings. The van der Waals surface area contributed by atoms with Gasteiger partial charge in [0.1, 0.15) is 0 Å². The van der Waals surface area contributed by atoms with E-state index in [0.717, 1.165) is 38.5 Å². The van der Waals surface area contributed by atoms with Gasteiger partial charge in [0.15, 0.2) is 0 Å². The molecule has 2 nitrogen and oxygen atoms in total. The summed E-state index contributed by atoms with van der Waals surface area (Å²) >= 11 is 0. The minimum atomic E-state index is -0.807. The molecule has 3 unspecified atom stereocenters. The second kappa shape index (κ2) is 3.47. The van der Waals surface area contributed by atoms with Crippen LogP contribution in [0.2, 0.25) is 0 Å². The van der Waals surface area contributed by atoms with Gasteiger partial charge in [0.25, 0.3) is 0 Å². The van der Waals surface area contributed by atoms with Gasteiger partial charge in [-0.3, -0.25) is 0 Å². The molecule has 2 rings (SSSR count). The third-order valence-electron chi connectivity index (χ3n) is 5.51. The third kappa shape index (κ3) is 1.41. The van der Waals surface area contributed by atoms with Gasteiger partial charge in [-0.15, -0.1) is 0 Å². The Hall–Kier alpha value is -0.550. The lowest BCUT2D eigenvalue weighted by Gasteiger charge is -2.42. The first-order valence-corrected chi connectivity index (χ1v) is 6.54. The van der Waals surface area contributed by atoms with Crippen LogP contribution < -0.4 is 0 Å². The average molecular weight is 221 g/mol. The number of hydrogen-bond donors (Lipinski definition) is 1. The van der Waals surface area contributed by atoms with Crippen molar-refractivity contribution in [3.63, 3.8) is 0 Å². The van der Waals surface area contributed by atoms with E-state index in [4.69, 9.17) is 0 Å². The van der Waals surface area contributed by atoms with Crippen molar-refractivity contribution in [1.29, 1.82) is 5.26 Å². The zero-order valence-corrected chi connectivity index (χ0v) is 10.7. The zero-order valence-electron chi connectivity index (χ0n) is 10.7. The van der Waals surface area contributed by atoms with Crippen molar-refractivity contribution in [2.75, 3.05) is 0 Å². The fourth-order valence-electron chi connectivity index (χ4n) is 3.40. The van der Waals surface area contributed by atoms with Gasteiger partial charge in [-0.05, 0) is 50.4 Å². The Kier molecular flexibility index (Phi) is 2.58. The Balaban J connectivity index is 2.26. The van der Waals surface area contributed by atoms with E-state index in [2.05, 4.69) is 19.9 Å². The van der Waals surface area contributed by atoms with Gasteiger partial charge in [0.05, 0.1) is 17.1 Å². The predicted octanol–water partition coefficient (Wildman–Crippen LogP) is 3.26. The van der Waals surface area contributed by atoms with Crippen LogP contribution in [0.5, 0.6) is 0 Å². The number of aliphatic hydroxyl groups is 1. The molecule has 0 saturated heterocycles. The van der Waals surface area contributed by atoms with E-state index < -0.39 is 11.0 Å². The van der Waals surface area contributed by atoms with Crippen LogP contribution in [0.3, 0.4) is 0 Å². The zero-order chi connectivity index (χ0) is 12.0. The van der Waals surface area contributed by atoms with Crippen molar-refractivity contribution in [1.82, 2.24) is 0 Å². The maximum atomic E-state index is 10.9. The monoisotopic (exact) mass is 221 g/mol. The minimum Gasteiger partial charge on any atom is -0.388 e. The molecule has 2 saturated carbocycles. The van der Waals surface area contributed by atoms with Gasteiger partial charge in [0, 0.05) is 0 Å². The van der Waals surface area contributed by atoms with Crippen LogP contribution in [0.25, 0.3) is 0 Å². The lowest BCUT2D eigenvalue weighted by molar-refractivity contribution is -0.0926. The molecule has 0 radical (unpaired) electrons. The van der Waals surface area contributed by atoms with E-state index in [1.165, 1.54) is 0 Å². The van der Waals surface area contributed by atoms with E-state index in [-0.39, 0.29) is 5.41 Å². The molecule has 2 fully saturated rings. The van der Waals surface area contributed by atoms with Crippen LogP contribution >= 0.6 is 0 Å². The topological polar surface area (TPSA) is 44.0 Å². The van der Waals surface area contributed by atoms with Crippen molar-refractivity contribution in [2.24, 2.45) is 16.7 Å². The summed E-state index contributed by atoms with van der Waals surface area (Å²) in [5.41, 5.74) is -1.30. The van der Waals surface area contributed by atoms with Gasteiger partial charge < -0.3 is 5.11 Å². The smallest absolute Gasteiger partial charge is 0.0865 e. The Bertz CT molecular complexity index is 324. The highest BCUT2D eigenvalue weighted by atomic mass is 16.3. The molecule has 0 aliphatic heterocycles. The molecule has 0 bridgehead atoms. The van der Waals surface area contributed by atoms with Gasteiger partial charge in [-0.2, -0.15) is 5.26 Å². The summed E-state index contributed by atoms with van der Waals surface area (Å²) in [5, 5.41) is 20.4. The van der Waals surface area contributed by atoms with E-state index in [0.29, 0.717) is 5.92 Å². The van der Waals surface area contributed by atoms with E-state index in [1.54, 1.807) is 0 Å². The normalized spacial score (nSPS) is 40.1. The summed E-state index contributed by atoms with van der Waals surface area (Å²) < 4.78 is 0. The first-order chi connectivity index (χ1) is 7.41. The summed E-state index contributed by atoms with van der Waals surface area (Å²) in [5.74, 6) is 0.633. The molecule has 0 aromatic heterocycles. The largest absolute Gasteiger partial charge is 0.388 e. The molecule has 2 aliphatic carbocycles. The van der Waals surface area contributed by atoms with E-state index >= 15 is 0 Å². The van der Waals surface area contributed by atoms with Gasteiger partial charge in [0.2, 0.25) is 0 Å². The molecule has 3 atom stereocenters. The summed E-state index contributed by atoms with van der Waals surface area (Å²) in [6.45, 7) is 6.22. The quantitative estimate of drug-likeness (QED) is 0.795. The second-order valence-electron chi connectivity index (χ2n) is 6.34. The third-order valence-corrected chi connectivity index (χ3v) is 5.51. The molecular formula is C14H23NO. The number of nitrogens with zero attached hydrogens (tertiary/aromatic N) is 1. The highest BCUT2D eigenvalue weighted by Crippen LogP contribution is 2.64. The van der Waals surface area contributed by atoms with Crippen molar-refractivity contribution >= 4 is 0 Å². The molecule has 1 N–H and O–H groups in total. The molecule has 0 spiro atoms. The lowest BCUT2D eigenvalue weighted by Crippen LogP contribution is -2.49. The average Bonchev–Trinajstić information content (AvgIpc) is 2.87. The summed E-state index contributed by atoms with van der Waals surface area (Å²) in [4.78, 5) is 0. The predicted molar refractivity (Wildman–Crippen MR) is 63.6 cm³/mol. The highest BCUT2D eigenvalue weighted by molar-refractivity contribution is 5.21. The lowest BCUT2D eigenvalue weighted by atomic mass is 9.64. The Morgan fingerprint density at radius 3 is 2.44 bits per heavy atom. The minimum absolute atomic E-state index is 0.00857. The standard InChI is InChI=1S/C14H23NO/c1-4-11-5-6-14(9-11,10-15)13(3,16)12(2)7-8-12/h11,16H,4-9H2,1-3H3. The molecule has 2 aliphatic rings. The van der Waals surface area contributed by atoms with Crippen molar-refractivity contribution in [3.8, 4) is 6.07 Å². The van der Waals surface area contributed by atoms with Crippen LogP contribution in [0.4, 0.5) is 0 Å². The summed E-state index contributed by atoms with van der Waals surface area (Å²) in [6.07, 6.45) is 6.15. The van der Waals surface area contributed by atoms with Crippen LogP contribution in [0, 0.1) is 28.1 Å². The first-order valence-electron chi connectivity index (χ1n) is 6.54. The fourth-order valence-corrected chi connectivity index (χ4v) is 3.40. The Morgan fingerprint density at radius 2 is 2.06 bits per heavy atom. The molecule has 90 valence electrons.